The van der Waals surface area contributed by atoms with Crippen LogP contribution in [0.15, 0.2) is 24.3 Å². The van der Waals surface area contributed by atoms with Gasteiger partial charge in [-0.1, -0.05) is 26.2 Å². The molecule has 0 radical (unpaired) electrons. The summed E-state index contributed by atoms with van der Waals surface area (Å²) < 4.78 is 12.8. The molecule has 2 rings (SSSR count). The molecule has 1 saturated carbocycles. The number of nitrogens with one attached hydrogen (secondary N) is 1. The Morgan fingerprint density at radius 3 is 2.72 bits per heavy atom. The van der Waals surface area contributed by atoms with Crippen molar-refractivity contribution < 1.29 is 9.18 Å². The topological polar surface area (TPSA) is 29.1 Å². The highest BCUT2D eigenvalue weighted by Gasteiger charge is 2.22. The molecule has 0 saturated heterocycles. The molecule has 98 valence electrons. The third-order valence-electron chi connectivity index (χ3n) is 3.80. The fraction of sp³-hybridized carbons (Fsp3) is 0.533. The lowest BCUT2D eigenvalue weighted by Crippen LogP contribution is -2.38. The maximum atomic E-state index is 12.8. The van der Waals surface area contributed by atoms with E-state index < -0.39 is 0 Å². The zero-order valence-corrected chi connectivity index (χ0v) is 10.8. The average molecular weight is 249 g/mol. The Morgan fingerprint density at radius 2 is 2.06 bits per heavy atom. The van der Waals surface area contributed by atoms with Crippen LogP contribution in [0.4, 0.5) is 4.39 Å². The molecule has 2 unspecified atom stereocenters. The molecule has 1 fully saturated rings. The van der Waals surface area contributed by atoms with Crippen LogP contribution in [0.5, 0.6) is 0 Å². The van der Waals surface area contributed by atoms with Gasteiger partial charge in [0.25, 0.3) is 5.91 Å². The van der Waals surface area contributed by atoms with Crippen LogP contribution < -0.4 is 5.32 Å². The van der Waals surface area contributed by atoms with Crippen LogP contribution in [0, 0.1) is 11.7 Å². The molecule has 18 heavy (non-hydrogen) atoms. The van der Waals surface area contributed by atoms with Gasteiger partial charge in [0.15, 0.2) is 0 Å². The van der Waals surface area contributed by atoms with E-state index in [1.54, 1.807) is 0 Å². The Morgan fingerprint density at radius 1 is 1.33 bits per heavy atom. The number of hydrogen-bond donors (Lipinski definition) is 1. The third-order valence-corrected chi connectivity index (χ3v) is 3.80. The lowest BCUT2D eigenvalue weighted by atomic mass is 9.84. The second kappa shape index (κ2) is 5.98. The number of benzene rings is 1. The molecule has 0 heterocycles. The van der Waals surface area contributed by atoms with Crippen molar-refractivity contribution in [2.24, 2.45) is 5.92 Å². The predicted molar refractivity (Wildman–Crippen MR) is 69.9 cm³/mol. The quantitative estimate of drug-likeness (QED) is 0.872. The van der Waals surface area contributed by atoms with Gasteiger partial charge in [-0.05, 0) is 43.0 Å². The normalized spacial score (nSPS) is 23.7. The summed E-state index contributed by atoms with van der Waals surface area (Å²) in [5.41, 5.74) is 0.537. The van der Waals surface area contributed by atoms with Gasteiger partial charge in [0.2, 0.25) is 0 Å². The molecule has 2 nitrogen and oxygen atoms in total. The minimum atomic E-state index is -0.310. The number of rotatable bonds is 3. The summed E-state index contributed by atoms with van der Waals surface area (Å²) in [7, 11) is 0. The maximum absolute atomic E-state index is 12.8. The molecule has 2 atom stereocenters. The summed E-state index contributed by atoms with van der Waals surface area (Å²) in [4.78, 5) is 12.0. The first-order chi connectivity index (χ1) is 8.69. The van der Waals surface area contributed by atoms with Crippen molar-refractivity contribution in [3.05, 3.63) is 35.6 Å². The predicted octanol–water partition coefficient (Wildman–Crippen LogP) is 3.52. The van der Waals surface area contributed by atoms with Crippen molar-refractivity contribution in [3.8, 4) is 0 Å². The van der Waals surface area contributed by atoms with Crippen molar-refractivity contribution in [2.45, 2.75) is 45.1 Å². The van der Waals surface area contributed by atoms with E-state index in [4.69, 9.17) is 0 Å². The van der Waals surface area contributed by atoms with Gasteiger partial charge in [0.1, 0.15) is 5.82 Å². The first kappa shape index (κ1) is 13.1. The molecule has 1 amide bonds. The highest BCUT2D eigenvalue weighted by atomic mass is 19.1. The summed E-state index contributed by atoms with van der Waals surface area (Å²) in [6.45, 7) is 2.20. The molecular formula is C15H20FNO. The van der Waals surface area contributed by atoms with Gasteiger partial charge >= 0.3 is 0 Å². The molecule has 1 N–H and O–H groups in total. The Bertz CT molecular complexity index is 401. The van der Waals surface area contributed by atoms with Crippen molar-refractivity contribution in [1.29, 1.82) is 0 Å². The number of halogens is 1. The molecule has 1 aromatic rings. The zero-order valence-electron chi connectivity index (χ0n) is 10.8. The van der Waals surface area contributed by atoms with Crippen LogP contribution in [0.25, 0.3) is 0 Å². The Hall–Kier alpha value is -1.38. The number of hydrogen-bond acceptors (Lipinski definition) is 1. The second-order valence-corrected chi connectivity index (χ2v) is 5.12. The second-order valence-electron chi connectivity index (χ2n) is 5.12. The Labute approximate surface area is 108 Å². The van der Waals surface area contributed by atoms with Gasteiger partial charge in [0, 0.05) is 11.6 Å². The van der Waals surface area contributed by atoms with E-state index in [1.807, 2.05) is 0 Å². The van der Waals surface area contributed by atoms with Crippen molar-refractivity contribution >= 4 is 5.91 Å². The summed E-state index contributed by atoms with van der Waals surface area (Å²) >= 11 is 0. The molecule has 0 spiro atoms. The fourth-order valence-electron chi connectivity index (χ4n) is 2.66. The molecule has 0 aromatic heterocycles. The summed E-state index contributed by atoms with van der Waals surface area (Å²) in [5, 5.41) is 3.06. The third kappa shape index (κ3) is 3.31. The first-order valence-electron chi connectivity index (χ1n) is 6.75. The lowest BCUT2D eigenvalue weighted by molar-refractivity contribution is 0.0919. The molecule has 1 aromatic carbocycles. The molecule has 1 aliphatic carbocycles. The minimum absolute atomic E-state index is 0.0863. The van der Waals surface area contributed by atoms with Gasteiger partial charge in [0.05, 0.1) is 0 Å². The number of carbonyl (C=O) groups is 1. The van der Waals surface area contributed by atoms with Crippen molar-refractivity contribution in [3.63, 3.8) is 0 Å². The van der Waals surface area contributed by atoms with Gasteiger partial charge < -0.3 is 5.32 Å². The molecular weight excluding hydrogens is 229 g/mol. The van der Waals surface area contributed by atoms with Crippen LogP contribution >= 0.6 is 0 Å². The molecule has 3 heteroatoms. The van der Waals surface area contributed by atoms with Crippen LogP contribution in [0.1, 0.15) is 49.4 Å². The maximum Gasteiger partial charge on any atom is 0.251 e. The van der Waals surface area contributed by atoms with Crippen LogP contribution in [0.2, 0.25) is 0 Å². The number of amides is 1. The monoisotopic (exact) mass is 249 g/mol. The first-order valence-corrected chi connectivity index (χ1v) is 6.75. The van der Waals surface area contributed by atoms with Crippen molar-refractivity contribution in [2.75, 3.05) is 0 Å². The van der Waals surface area contributed by atoms with E-state index in [1.165, 1.54) is 43.5 Å². The van der Waals surface area contributed by atoms with Crippen LogP contribution in [0.3, 0.4) is 0 Å². The van der Waals surface area contributed by atoms with E-state index in [0.29, 0.717) is 5.56 Å². The largest absolute Gasteiger partial charge is 0.349 e. The summed E-state index contributed by atoms with van der Waals surface area (Å²) in [5.74, 6) is 0.337. The van der Waals surface area contributed by atoms with Crippen molar-refractivity contribution in [1.82, 2.24) is 5.32 Å². The van der Waals surface area contributed by atoms with Gasteiger partial charge in [-0.2, -0.15) is 0 Å². The van der Waals surface area contributed by atoms with E-state index in [9.17, 15) is 9.18 Å². The number of carbonyl (C=O) groups excluding carboxylic acids is 1. The molecule has 0 bridgehead atoms. The SMILES string of the molecule is CCC1CCCC(NC(=O)c2ccc(F)cc2)C1. The van der Waals surface area contributed by atoms with Crippen LogP contribution in [-0.2, 0) is 0 Å². The van der Waals surface area contributed by atoms with Crippen LogP contribution in [-0.4, -0.2) is 11.9 Å². The smallest absolute Gasteiger partial charge is 0.251 e. The molecule has 0 aliphatic heterocycles. The zero-order chi connectivity index (χ0) is 13.0. The van der Waals surface area contributed by atoms with E-state index in [2.05, 4.69) is 12.2 Å². The van der Waals surface area contributed by atoms with Gasteiger partial charge in [-0.15, -0.1) is 0 Å². The summed E-state index contributed by atoms with van der Waals surface area (Å²) in [6.07, 6.45) is 5.78. The highest BCUT2D eigenvalue weighted by Crippen LogP contribution is 2.26. The van der Waals surface area contributed by atoms with E-state index in [-0.39, 0.29) is 17.8 Å². The minimum Gasteiger partial charge on any atom is -0.349 e. The van der Waals surface area contributed by atoms with Gasteiger partial charge in [-0.3, -0.25) is 4.79 Å². The molecule has 1 aliphatic rings. The highest BCUT2D eigenvalue weighted by molar-refractivity contribution is 5.94. The van der Waals surface area contributed by atoms with Gasteiger partial charge in [-0.25, -0.2) is 4.39 Å². The summed E-state index contributed by atoms with van der Waals surface area (Å²) in [6, 6.07) is 5.99. The average Bonchev–Trinajstić information content (AvgIpc) is 2.39. The standard InChI is InChI=1S/C15H20FNO/c1-2-11-4-3-5-14(10-11)17-15(18)12-6-8-13(16)9-7-12/h6-9,11,14H,2-5,10H2,1H3,(H,17,18). The Balaban J connectivity index is 1.92. The van der Waals surface area contributed by atoms with E-state index >= 15 is 0 Å². The lowest BCUT2D eigenvalue weighted by Gasteiger charge is -2.29. The fourth-order valence-corrected chi connectivity index (χ4v) is 2.66. The Kier molecular flexibility index (Phi) is 4.34. The van der Waals surface area contributed by atoms with E-state index in [0.717, 1.165) is 18.8 Å².